The van der Waals surface area contributed by atoms with Crippen LogP contribution in [0.3, 0.4) is 0 Å². The largest absolute Gasteiger partial charge is 1.00 e. The Bertz CT molecular complexity index is 397. The molecule has 0 amide bonds. The van der Waals surface area contributed by atoms with Gasteiger partial charge in [-0.2, -0.15) is 0 Å². The number of benzene rings is 1. The second-order valence-corrected chi connectivity index (χ2v) is 5.48. The van der Waals surface area contributed by atoms with Crippen LogP contribution in [0.25, 0.3) is 5.57 Å². The topological polar surface area (TPSA) is 0 Å². The van der Waals surface area contributed by atoms with E-state index >= 15 is 0 Å². The summed E-state index contributed by atoms with van der Waals surface area (Å²) in [5.41, 5.74) is 5.88. The van der Waals surface area contributed by atoms with E-state index in [2.05, 4.69) is 65.5 Å². The van der Waals surface area contributed by atoms with E-state index in [0.717, 1.165) is 0 Å². The summed E-state index contributed by atoms with van der Waals surface area (Å²) in [5.74, 6) is 0. The van der Waals surface area contributed by atoms with Gasteiger partial charge in [0.1, 0.15) is 0 Å². The monoisotopic (exact) mass is 310 g/mol. The second kappa shape index (κ2) is 6.47. The summed E-state index contributed by atoms with van der Waals surface area (Å²) in [6, 6.07) is 8.72. The molecule has 0 aliphatic heterocycles. The molecule has 1 aliphatic rings. The molecule has 1 aromatic carbocycles. The Kier molecular flexibility index (Phi) is 7.64. The van der Waals surface area contributed by atoms with Crippen molar-refractivity contribution in [2.75, 3.05) is 0 Å². The summed E-state index contributed by atoms with van der Waals surface area (Å²) >= 11 is 2.30. The van der Waals surface area contributed by atoms with Gasteiger partial charge in [-0.05, 0) is 0 Å². The third-order valence-electron chi connectivity index (χ3n) is 3.18. The number of fused-ring (bicyclic) bond motifs is 1. The van der Waals surface area contributed by atoms with Gasteiger partial charge in [-0.1, -0.05) is 0 Å². The molecular formula is C12H13Cl3Ti. The van der Waals surface area contributed by atoms with Crippen LogP contribution in [-0.2, 0) is 24.2 Å². The van der Waals surface area contributed by atoms with E-state index in [1.165, 1.54) is 22.3 Å². The van der Waals surface area contributed by atoms with Crippen molar-refractivity contribution in [1.82, 2.24) is 0 Å². The Hall–Kier alpha value is 0.544. The normalized spacial score (nSPS) is 21.6. The number of allylic oxidation sites excluding steroid dienone is 2. The van der Waals surface area contributed by atoms with Crippen LogP contribution in [0.1, 0.15) is 31.9 Å². The summed E-state index contributed by atoms with van der Waals surface area (Å²) in [4.78, 5) is 0. The Morgan fingerprint density at radius 2 is 1.50 bits per heavy atom. The molecule has 0 bridgehead atoms. The fraction of sp³-hybridized carbons (Fsp3) is 0.333. The van der Waals surface area contributed by atoms with Crippen LogP contribution in [-0.4, -0.2) is 0 Å². The Balaban J connectivity index is 0. The average molecular weight is 311 g/mol. The van der Waals surface area contributed by atoms with Crippen LogP contribution < -0.4 is 37.2 Å². The predicted molar refractivity (Wildman–Crippen MR) is 52.1 cm³/mol. The number of hydrogen-bond acceptors (Lipinski definition) is 0. The fourth-order valence-corrected chi connectivity index (χ4v) is 2.66. The van der Waals surface area contributed by atoms with Crippen LogP contribution in [0.5, 0.6) is 0 Å². The maximum atomic E-state index is 2.30. The molecule has 0 saturated carbocycles. The molecule has 0 spiro atoms. The van der Waals surface area contributed by atoms with Gasteiger partial charge < -0.3 is 37.2 Å². The average Bonchev–Trinajstić information content (AvgIpc) is 2.30. The van der Waals surface area contributed by atoms with Crippen LogP contribution >= 0.6 is 0 Å². The van der Waals surface area contributed by atoms with Gasteiger partial charge in [-0.15, -0.1) is 0 Å². The third-order valence-corrected chi connectivity index (χ3v) is 4.19. The van der Waals surface area contributed by atoms with E-state index in [4.69, 9.17) is 0 Å². The first-order valence-electron chi connectivity index (χ1n) is 4.58. The third kappa shape index (κ3) is 2.68. The van der Waals surface area contributed by atoms with Gasteiger partial charge in [0.05, 0.1) is 0 Å². The predicted octanol–water partition coefficient (Wildman–Crippen LogP) is -5.73. The number of rotatable bonds is 0. The molecule has 0 radical (unpaired) electrons. The first-order chi connectivity index (χ1) is 6.05. The molecule has 0 aromatic heterocycles. The van der Waals surface area contributed by atoms with Crippen LogP contribution in [0.2, 0.25) is 0 Å². The zero-order chi connectivity index (χ0) is 9.64. The maximum absolute atomic E-state index is 2.30. The Morgan fingerprint density at radius 3 is 2.00 bits per heavy atom. The molecule has 1 aliphatic carbocycles. The van der Waals surface area contributed by atoms with Crippen LogP contribution in [0.15, 0.2) is 29.8 Å². The number of halogens is 3. The van der Waals surface area contributed by atoms with E-state index in [0.29, 0.717) is 0 Å². The Morgan fingerprint density at radius 1 is 1.00 bits per heavy atom. The molecule has 0 saturated heterocycles. The fourth-order valence-electron chi connectivity index (χ4n) is 2.03. The Labute approximate surface area is 128 Å². The smallest absolute Gasteiger partial charge is 1.00 e. The standard InChI is InChI=1S/C12H13.3ClH.Ti/c1-8-9(2)11-6-4-5-7-12(11)10(8)3;;;;/h4-7H,1-3H3;3*1H;/q;;;;+3/p-3. The molecule has 86 valence electrons. The molecule has 0 N–H and O–H groups in total. The first kappa shape index (κ1) is 18.9. The van der Waals surface area contributed by atoms with Crippen molar-refractivity contribution in [1.29, 1.82) is 0 Å². The minimum Gasteiger partial charge on any atom is -1.00 e. The minimum atomic E-state index is 0. The van der Waals surface area contributed by atoms with Crippen molar-refractivity contribution in [3.63, 3.8) is 0 Å². The summed E-state index contributed by atoms with van der Waals surface area (Å²) in [6.07, 6.45) is 0. The summed E-state index contributed by atoms with van der Waals surface area (Å²) < 4.78 is 0.237. The van der Waals surface area contributed by atoms with Gasteiger partial charge in [-0.3, -0.25) is 0 Å². The first-order valence-corrected chi connectivity index (χ1v) is 5.36. The minimum absolute atomic E-state index is 0. The van der Waals surface area contributed by atoms with Crippen molar-refractivity contribution in [3.05, 3.63) is 41.0 Å². The molecule has 0 nitrogen and oxygen atoms in total. The zero-order valence-corrected chi connectivity index (χ0v) is 13.3. The van der Waals surface area contributed by atoms with Crippen molar-refractivity contribution in [3.8, 4) is 0 Å². The summed E-state index contributed by atoms with van der Waals surface area (Å²) in [5, 5.41) is 0. The van der Waals surface area contributed by atoms with Crippen molar-refractivity contribution in [2.45, 2.75) is 24.5 Å². The molecule has 0 heterocycles. The second-order valence-electron chi connectivity index (χ2n) is 3.92. The summed E-state index contributed by atoms with van der Waals surface area (Å²) in [6.45, 7) is 6.77. The summed E-state index contributed by atoms with van der Waals surface area (Å²) in [7, 11) is 0. The molecule has 16 heavy (non-hydrogen) atoms. The molecule has 1 aromatic rings. The van der Waals surface area contributed by atoms with Crippen LogP contribution in [0, 0.1) is 0 Å². The molecule has 0 fully saturated rings. The van der Waals surface area contributed by atoms with Gasteiger partial charge in [-0.25, -0.2) is 0 Å². The van der Waals surface area contributed by atoms with E-state index in [9.17, 15) is 0 Å². The van der Waals surface area contributed by atoms with Gasteiger partial charge in [0.25, 0.3) is 0 Å². The van der Waals surface area contributed by atoms with E-state index in [1.807, 2.05) is 0 Å². The van der Waals surface area contributed by atoms with Crippen molar-refractivity contribution < 1.29 is 57.7 Å². The quantitative estimate of drug-likeness (QED) is 0.419. The van der Waals surface area contributed by atoms with Gasteiger partial charge >= 0.3 is 91.5 Å². The molecule has 1 unspecified atom stereocenters. The zero-order valence-electron chi connectivity index (χ0n) is 9.44. The van der Waals surface area contributed by atoms with Gasteiger partial charge in [0, 0.05) is 0 Å². The molecule has 2 rings (SSSR count). The molecule has 4 heteroatoms. The van der Waals surface area contributed by atoms with Gasteiger partial charge in [0.2, 0.25) is 0 Å². The SMILES string of the molecule is CC1=C(C)[C](C)([Ti+3])c2ccccc21.[Cl-].[Cl-].[Cl-]. The van der Waals surface area contributed by atoms with E-state index in [-0.39, 0.29) is 40.9 Å². The van der Waals surface area contributed by atoms with E-state index in [1.54, 1.807) is 0 Å². The van der Waals surface area contributed by atoms with E-state index < -0.39 is 0 Å². The van der Waals surface area contributed by atoms with Crippen molar-refractivity contribution >= 4 is 5.57 Å². The maximum Gasteiger partial charge on any atom is -1.00 e. The number of hydrogen-bond donors (Lipinski definition) is 0. The molecular weight excluding hydrogens is 298 g/mol. The van der Waals surface area contributed by atoms with Gasteiger partial charge in [0.15, 0.2) is 0 Å². The van der Waals surface area contributed by atoms with Crippen LogP contribution in [0.4, 0.5) is 0 Å². The molecule has 1 atom stereocenters. The van der Waals surface area contributed by atoms with Crippen molar-refractivity contribution in [2.24, 2.45) is 0 Å².